The zero-order chi connectivity index (χ0) is 20.5. The van der Waals surface area contributed by atoms with E-state index in [-0.39, 0.29) is 0 Å². The fourth-order valence-electron chi connectivity index (χ4n) is 4.04. The Morgan fingerprint density at radius 1 is 1.07 bits per heavy atom. The Balaban J connectivity index is 1.32. The summed E-state index contributed by atoms with van der Waals surface area (Å²) in [6, 6.07) is 8.30. The Kier molecular flexibility index (Phi) is 4.84. The minimum absolute atomic E-state index is 0.887. The van der Waals surface area contributed by atoms with E-state index in [0.717, 1.165) is 61.2 Å². The Labute approximate surface area is 175 Å². The topological polar surface area (TPSA) is 63.7 Å². The van der Waals surface area contributed by atoms with Gasteiger partial charge >= 0.3 is 0 Å². The predicted molar refractivity (Wildman–Crippen MR) is 116 cm³/mol. The summed E-state index contributed by atoms with van der Waals surface area (Å²) in [4.78, 5) is 14.1. The summed E-state index contributed by atoms with van der Waals surface area (Å²) in [6.07, 6.45) is 9.58. The summed E-state index contributed by atoms with van der Waals surface area (Å²) in [5.74, 6) is 1.85. The lowest BCUT2D eigenvalue weighted by atomic mass is 10.2. The third-order valence-corrected chi connectivity index (χ3v) is 5.62. The number of nitrogens with zero attached hydrogens (tertiary/aromatic N) is 7. The second-order valence-electron chi connectivity index (χ2n) is 7.61. The van der Waals surface area contributed by atoms with Crippen molar-refractivity contribution in [3.05, 3.63) is 60.8 Å². The predicted octanol–water partition coefficient (Wildman–Crippen LogP) is 2.46. The van der Waals surface area contributed by atoms with Gasteiger partial charge in [0.05, 0.1) is 25.2 Å². The normalized spacial score (nSPS) is 15.1. The van der Waals surface area contributed by atoms with E-state index < -0.39 is 0 Å². The Bertz CT molecular complexity index is 1160. The van der Waals surface area contributed by atoms with E-state index in [1.54, 1.807) is 11.8 Å². The van der Waals surface area contributed by atoms with Crippen LogP contribution in [-0.2, 0) is 13.6 Å². The van der Waals surface area contributed by atoms with Crippen molar-refractivity contribution in [3.8, 4) is 17.0 Å². The molecule has 0 spiro atoms. The van der Waals surface area contributed by atoms with Crippen LogP contribution in [0.15, 0.2) is 55.2 Å². The number of fused-ring (bicyclic) bond motifs is 1. The van der Waals surface area contributed by atoms with E-state index in [1.807, 2.05) is 50.2 Å². The van der Waals surface area contributed by atoms with Crippen LogP contribution >= 0.6 is 0 Å². The molecule has 0 N–H and O–H groups in total. The molecule has 0 saturated carbocycles. The second-order valence-corrected chi connectivity index (χ2v) is 7.61. The molecular weight excluding hydrogens is 378 g/mol. The number of hydrogen-bond donors (Lipinski definition) is 0. The standard InChI is InChI=1S/C22H25N7O/c1-26-16-18(13-25-26)20-14-24-22-21(23-6-7-29(20)22)28-10-8-27(9-11-28)15-17-4-3-5-19(12-17)30-2/h3-7,12-14,16H,8-11,15H2,1-2H3. The van der Waals surface area contributed by atoms with Crippen LogP contribution in [0, 0.1) is 0 Å². The molecule has 0 radical (unpaired) electrons. The number of hydrogen-bond acceptors (Lipinski definition) is 6. The first kappa shape index (κ1) is 18.6. The molecule has 4 aromatic rings. The number of benzene rings is 1. The van der Waals surface area contributed by atoms with Crippen LogP contribution in [0.3, 0.4) is 0 Å². The van der Waals surface area contributed by atoms with Crippen molar-refractivity contribution in [1.82, 2.24) is 29.0 Å². The van der Waals surface area contributed by atoms with Gasteiger partial charge in [-0.3, -0.25) is 14.0 Å². The first-order valence-electron chi connectivity index (χ1n) is 10.1. The highest BCUT2D eigenvalue weighted by Crippen LogP contribution is 2.25. The Morgan fingerprint density at radius 2 is 1.93 bits per heavy atom. The molecule has 1 aromatic carbocycles. The van der Waals surface area contributed by atoms with Crippen molar-refractivity contribution in [3.63, 3.8) is 0 Å². The van der Waals surface area contributed by atoms with E-state index in [2.05, 4.69) is 41.4 Å². The molecule has 0 unspecified atom stereocenters. The molecule has 154 valence electrons. The molecule has 3 aromatic heterocycles. The molecule has 4 heterocycles. The number of methoxy groups -OCH3 is 1. The third-order valence-electron chi connectivity index (χ3n) is 5.62. The second kappa shape index (κ2) is 7.79. The smallest absolute Gasteiger partial charge is 0.180 e. The molecular formula is C22H25N7O. The minimum atomic E-state index is 0.887. The van der Waals surface area contributed by atoms with Crippen LogP contribution in [0.1, 0.15) is 5.56 Å². The number of ether oxygens (including phenoxy) is 1. The highest BCUT2D eigenvalue weighted by molar-refractivity contribution is 5.70. The van der Waals surface area contributed by atoms with E-state index in [1.165, 1.54) is 5.56 Å². The van der Waals surface area contributed by atoms with Gasteiger partial charge in [0, 0.05) is 63.9 Å². The van der Waals surface area contributed by atoms with Gasteiger partial charge in [0.25, 0.3) is 0 Å². The molecule has 8 heteroatoms. The van der Waals surface area contributed by atoms with Gasteiger partial charge in [-0.2, -0.15) is 5.10 Å². The van der Waals surface area contributed by atoms with Gasteiger partial charge in [-0.15, -0.1) is 0 Å². The highest BCUT2D eigenvalue weighted by atomic mass is 16.5. The van der Waals surface area contributed by atoms with Gasteiger partial charge in [0.1, 0.15) is 5.75 Å². The van der Waals surface area contributed by atoms with Gasteiger partial charge in [-0.25, -0.2) is 9.97 Å². The summed E-state index contributed by atoms with van der Waals surface area (Å²) in [7, 11) is 3.63. The number of aromatic nitrogens is 5. The summed E-state index contributed by atoms with van der Waals surface area (Å²) in [5.41, 5.74) is 4.23. The van der Waals surface area contributed by atoms with Crippen LogP contribution in [0.25, 0.3) is 16.9 Å². The molecule has 1 aliphatic rings. The van der Waals surface area contributed by atoms with Gasteiger partial charge < -0.3 is 9.64 Å². The van der Waals surface area contributed by atoms with Crippen LogP contribution < -0.4 is 9.64 Å². The molecule has 0 amide bonds. The maximum atomic E-state index is 5.35. The molecule has 0 bridgehead atoms. The molecule has 0 atom stereocenters. The van der Waals surface area contributed by atoms with Gasteiger partial charge in [0.2, 0.25) is 0 Å². The Hall–Kier alpha value is -3.39. The SMILES string of the molecule is COc1cccc(CN2CCN(c3nccn4c(-c5cnn(C)c5)cnc34)CC2)c1. The molecule has 1 aliphatic heterocycles. The average Bonchev–Trinajstić information content (AvgIpc) is 3.40. The van der Waals surface area contributed by atoms with E-state index in [4.69, 9.17) is 4.74 Å². The monoisotopic (exact) mass is 403 g/mol. The number of anilines is 1. The molecule has 8 nitrogen and oxygen atoms in total. The van der Waals surface area contributed by atoms with Crippen LogP contribution in [0.4, 0.5) is 5.82 Å². The highest BCUT2D eigenvalue weighted by Gasteiger charge is 2.21. The average molecular weight is 403 g/mol. The van der Waals surface area contributed by atoms with Crippen LogP contribution in [-0.4, -0.2) is 62.3 Å². The first-order chi connectivity index (χ1) is 14.7. The lowest BCUT2D eigenvalue weighted by Crippen LogP contribution is -2.46. The van der Waals surface area contributed by atoms with Gasteiger partial charge in [0.15, 0.2) is 11.5 Å². The van der Waals surface area contributed by atoms with Crippen molar-refractivity contribution in [1.29, 1.82) is 0 Å². The van der Waals surface area contributed by atoms with E-state index >= 15 is 0 Å². The van der Waals surface area contributed by atoms with E-state index in [9.17, 15) is 0 Å². The first-order valence-corrected chi connectivity index (χ1v) is 10.1. The largest absolute Gasteiger partial charge is 0.497 e. The van der Waals surface area contributed by atoms with Crippen molar-refractivity contribution < 1.29 is 4.74 Å². The minimum Gasteiger partial charge on any atom is -0.497 e. The molecule has 1 fully saturated rings. The summed E-state index contributed by atoms with van der Waals surface area (Å²) >= 11 is 0. The Morgan fingerprint density at radius 3 is 2.70 bits per heavy atom. The van der Waals surface area contributed by atoms with Crippen molar-refractivity contribution >= 4 is 11.5 Å². The maximum absolute atomic E-state index is 5.35. The fraction of sp³-hybridized carbons (Fsp3) is 0.318. The zero-order valence-corrected chi connectivity index (χ0v) is 17.3. The van der Waals surface area contributed by atoms with Crippen LogP contribution in [0.2, 0.25) is 0 Å². The maximum Gasteiger partial charge on any atom is 0.180 e. The number of piperazine rings is 1. The fourth-order valence-corrected chi connectivity index (χ4v) is 4.04. The summed E-state index contributed by atoms with van der Waals surface area (Å²) in [5, 5.41) is 4.28. The van der Waals surface area contributed by atoms with Gasteiger partial charge in [-0.05, 0) is 17.7 Å². The number of aryl methyl sites for hydroxylation is 1. The molecule has 5 rings (SSSR count). The van der Waals surface area contributed by atoms with Gasteiger partial charge in [-0.1, -0.05) is 12.1 Å². The molecule has 30 heavy (non-hydrogen) atoms. The van der Waals surface area contributed by atoms with Crippen molar-refractivity contribution in [2.45, 2.75) is 6.54 Å². The summed E-state index contributed by atoms with van der Waals surface area (Å²) < 4.78 is 9.25. The quantitative estimate of drug-likeness (QED) is 0.510. The number of imidazole rings is 1. The van der Waals surface area contributed by atoms with E-state index in [0.29, 0.717) is 0 Å². The molecule has 1 saturated heterocycles. The third kappa shape index (κ3) is 3.50. The van der Waals surface area contributed by atoms with Crippen molar-refractivity contribution in [2.75, 3.05) is 38.2 Å². The lowest BCUT2D eigenvalue weighted by Gasteiger charge is -2.35. The van der Waals surface area contributed by atoms with Crippen molar-refractivity contribution in [2.24, 2.45) is 7.05 Å². The molecule has 0 aliphatic carbocycles. The van der Waals surface area contributed by atoms with Crippen LogP contribution in [0.5, 0.6) is 5.75 Å². The lowest BCUT2D eigenvalue weighted by molar-refractivity contribution is 0.249. The zero-order valence-electron chi connectivity index (χ0n) is 17.3. The summed E-state index contributed by atoms with van der Waals surface area (Å²) in [6.45, 7) is 4.74. The number of rotatable bonds is 5.